The summed E-state index contributed by atoms with van der Waals surface area (Å²) in [5, 5.41) is 3.47. The van der Waals surface area contributed by atoms with Gasteiger partial charge in [0, 0.05) is 6.04 Å². The molecule has 1 aliphatic rings. The molecule has 1 fully saturated rings. The fourth-order valence-electron chi connectivity index (χ4n) is 2.28. The van der Waals surface area contributed by atoms with Crippen molar-refractivity contribution in [3.63, 3.8) is 0 Å². The molecule has 1 aliphatic carbocycles. The first-order chi connectivity index (χ1) is 7.74. The molecule has 0 aromatic heterocycles. The van der Waals surface area contributed by atoms with E-state index >= 15 is 0 Å². The average molecular weight is 286 g/mol. The second kappa shape index (κ2) is 5.28. The van der Waals surface area contributed by atoms with E-state index in [0.29, 0.717) is 16.4 Å². The van der Waals surface area contributed by atoms with E-state index in [1.54, 1.807) is 6.07 Å². The first kappa shape index (κ1) is 12.1. The predicted molar refractivity (Wildman–Crippen MR) is 67.9 cm³/mol. The molecule has 0 saturated heterocycles. The molecule has 0 aliphatic heterocycles. The molecule has 1 unspecified atom stereocenters. The van der Waals surface area contributed by atoms with Crippen LogP contribution in [0.5, 0.6) is 0 Å². The van der Waals surface area contributed by atoms with E-state index in [1.807, 2.05) is 6.07 Å². The third-order valence-corrected chi connectivity index (χ3v) is 4.20. The lowest BCUT2D eigenvalue weighted by atomic mass is 9.77. The van der Waals surface area contributed by atoms with E-state index in [9.17, 15) is 4.39 Å². The number of hydrogen-bond acceptors (Lipinski definition) is 1. The number of rotatable bonds is 4. The van der Waals surface area contributed by atoms with Crippen molar-refractivity contribution in [1.29, 1.82) is 0 Å². The fourth-order valence-corrected chi connectivity index (χ4v) is 2.80. The van der Waals surface area contributed by atoms with Crippen molar-refractivity contribution < 1.29 is 4.39 Å². The fraction of sp³-hybridized carbons (Fsp3) is 0.538. The lowest BCUT2D eigenvalue weighted by Crippen LogP contribution is -2.32. The van der Waals surface area contributed by atoms with Gasteiger partial charge in [0.15, 0.2) is 0 Å². The highest BCUT2D eigenvalue weighted by atomic mass is 79.9. The van der Waals surface area contributed by atoms with Gasteiger partial charge in [-0.05, 0) is 52.9 Å². The molecule has 0 bridgehead atoms. The van der Waals surface area contributed by atoms with Crippen molar-refractivity contribution in [2.24, 2.45) is 5.92 Å². The van der Waals surface area contributed by atoms with E-state index in [4.69, 9.17) is 0 Å². The van der Waals surface area contributed by atoms with E-state index < -0.39 is 0 Å². The molecule has 16 heavy (non-hydrogen) atoms. The van der Waals surface area contributed by atoms with E-state index in [2.05, 4.69) is 28.2 Å². The highest BCUT2D eigenvalue weighted by molar-refractivity contribution is 9.10. The Balaban J connectivity index is 2.26. The van der Waals surface area contributed by atoms with Crippen LogP contribution >= 0.6 is 15.9 Å². The summed E-state index contributed by atoms with van der Waals surface area (Å²) in [4.78, 5) is 0. The van der Waals surface area contributed by atoms with Crippen LogP contribution in [-0.4, -0.2) is 6.54 Å². The van der Waals surface area contributed by atoms with Crippen molar-refractivity contribution in [2.45, 2.75) is 32.2 Å². The van der Waals surface area contributed by atoms with Crippen molar-refractivity contribution in [2.75, 3.05) is 6.54 Å². The smallest absolute Gasteiger partial charge is 0.137 e. The monoisotopic (exact) mass is 285 g/mol. The topological polar surface area (TPSA) is 12.0 Å². The third-order valence-electron chi connectivity index (χ3n) is 3.36. The predicted octanol–water partition coefficient (Wildman–Crippen LogP) is 4.04. The lowest BCUT2D eigenvalue weighted by molar-refractivity contribution is 0.232. The van der Waals surface area contributed by atoms with Crippen LogP contribution in [0.1, 0.15) is 37.8 Å². The SMILES string of the molecule is CCNC(c1cccc(F)c1Br)C1CCC1. The molecule has 0 spiro atoms. The third kappa shape index (κ3) is 2.30. The maximum atomic E-state index is 13.5. The van der Waals surface area contributed by atoms with Gasteiger partial charge >= 0.3 is 0 Å². The summed E-state index contributed by atoms with van der Waals surface area (Å²) in [6.07, 6.45) is 3.81. The molecule has 1 nitrogen and oxygen atoms in total. The summed E-state index contributed by atoms with van der Waals surface area (Å²) in [6, 6.07) is 5.60. The molecule has 2 rings (SSSR count). The molecule has 1 saturated carbocycles. The molecule has 0 heterocycles. The van der Waals surface area contributed by atoms with Crippen molar-refractivity contribution in [3.05, 3.63) is 34.1 Å². The Kier molecular flexibility index (Phi) is 3.98. The Morgan fingerprint density at radius 3 is 2.81 bits per heavy atom. The number of benzene rings is 1. The van der Waals surface area contributed by atoms with Crippen LogP contribution in [0.3, 0.4) is 0 Å². The molecule has 3 heteroatoms. The summed E-state index contributed by atoms with van der Waals surface area (Å²) < 4.78 is 14.1. The highest BCUT2D eigenvalue weighted by Crippen LogP contribution is 2.40. The molecule has 0 amide bonds. The van der Waals surface area contributed by atoms with Gasteiger partial charge in [0.25, 0.3) is 0 Å². The second-order valence-corrected chi connectivity index (χ2v) is 5.16. The molecule has 1 N–H and O–H groups in total. The molecule has 1 aromatic carbocycles. The minimum atomic E-state index is -0.167. The molecular formula is C13H17BrFN. The van der Waals surface area contributed by atoms with E-state index in [1.165, 1.54) is 25.3 Å². The average Bonchev–Trinajstić information content (AvgIpc) is 2.19. The Labute approximate surface area is 105 Å². The highest BCUT2D eigenvalue weighted by Gasteiger charge is 2.29. The van der Waals surface area contributed by atoms with Gasteiger partial charge in [-0.3, -0.25) is 0 Å². The Morgan fingerprint density at radius 1 is 1.50 bits per heavy atom. The van der Waals surface area contributed by atoms with Gasteiger partial charge in [-0.2, -0.15) is 0 Å². The zero-order valence-corrected chi connectivity index (χ0v) is 11.1. The van der Waals surface area contributed by atoms with Crippen molar-refractivity contribution in [3.8, 4) is 0 Å². The molecule has 0 radical (unpaired) electrons. The van der Waals surface area contributed by atoms with E-state index in [-0.39, 0.29) is 5.82 Å². The zero-order valence-electron chi connectivity index (χ0n) is 9.47. The van der Waals surface area contributed by atoms with Gasteiger partial charge in [-0.1, -0.05) is 25.5 Å². The second-order valence-electron chi connectivity index (χ2n) is 4.37. The maximum absolute atomic E-state index is 13.5. The molecule has 1 atom stereocenters. The number of nitrogens with one attached hydrogen (secondary N) is 1. The number of hydrogen-bond donors (Lipinski definition) is 1. The van der Waals surface area contributed by atoms with Crippen LogP contribution in [0.15, 0.2) is 22.7 Å². The van der Waals surface area contributed by atoms with Gasteiger partial charge in [-0.25, -0.2) is 4.39 Å². The summed E-state index contributed by atoms with van der Waals surface area (Å²) in [5.41, 5.74) is 1.06. The lowest BCUT2D eigenvalue weighted by Gasteiger charge is -2.35. The zero-order chi connectivity index (χ0) is 11.5. The molecular weight excluding hydrogens is 269 g/mol. The van der Waals surface area contributed by atoms with Crippen LogP contribution in [0.2, 0.25) is 0 Å². The largest absolute Gasteiger partial charge is 0.310 e. The van der Waals surface area contributed by atoms with Gasteiger partial charge in [0.2, 0.25) is 0 Å². The molecule has 1 aromatic rings. The minimum Gasteiger partial charge on any atom is -0.310 e. The first-order valence-corrected chi connectivity index (χ1v) is 6.70. The van der Waals surface area contributed by atoms with Crippen LogP contribution in [0.25, 0.3) is 0 Å². The van der Waals surface area contributed by atoms with Gasteiger partial charge in [-0.15, -0.1) is 0 Å². The van der Waals surface area contributed by atoms with Gasteiger partial charge < -0.3 is 5.32 Å². The van der Waals surface area contributed by atoms with E-state index in [0.717, 1.165) is 12.1 Å². The summed E-state index contributed by atoms with van der Waals surface area (Å²) in [6.45, 7) is 3.02. The quantitative estimate of drug-likeness (QED) is 0.881. The van der Waals surface area contributed by atoms with Gasteiger partial charge in [0.05, 0.1) is 4.47 Å². The van der Waals surface area contributed by atoms with Crippen molar-refractivity contribution >= 4 is 15.9 Å². The summed E-state index contributed by atoms with van der Waals surface area (Å²) in [7, 11) is 0. The van der Waals surface area contributed by atoms with Crippen LogP contribution in [-0.2, 0) is 0 Å². The van der Waals surface area contributed by atoms with Crippen LogP contribution in [0.4, 0.5) is 4.39 Å². The first-order valence-electron chi connectivity index (χ1n) is 5.91. The Morgan fingerprint density at radius 2 is 2.25 bits per heavy atom. The van der Waals surface area contributed by atoms with Crippen LogP contribution in [0, 0.1) is 11.7 Å². The summed E-state index contributed by atoms with van der Waals surface area (Å²) in [5.74, 6) is 0.498. The standard InChI is InChI=1S/C13H17BrFN/c1-2-16-13(9-5-3-6-9)10-7-4-8-11(15)12(10)14/h4,7-9,13,16H,2-3,5-6H2,1H3. The minimum absolute atomic E-state index is 0.167. The van der Waals surface area contributed by atoms with Crippen LogP contribution < -0.4 is 5.32 Å². The maximum Gasteiger partial charge on any atom is 0.137 e. The Hall–Kier alpha value is -0.410. The Bertz CT molecular complexity index is 363. The number of halogens is 2. The normalized spacial score (nSPS) is 18.2. The van der Waals surface area contributed by atoms with Gasteiger partial charge in [0.1, 0.15) is 5.82 Å². The molecule has 88 valence electrons. The van der Waals surface area contributed by atoms with Crippen molar-refractivity contribution in [1.82, 2.24) is 5.32 Å². The summed E-state index contributed by atoms with van der Waals surface area (Å²) >= 11 is 3.36.